The lowest BCUT2D eigenvalue weighted by Gasteiger charge is -2.07. The van der Waals surface area contributed by atoms with Gasteiger partial charge in [-0.25, -0.2) is 4.79 Å². The molecule has 0 aliphatic rings. The molecule has 0 fully saturated rings. The highest BCUT2D eigenvalue weighted by atomic mass is 79.9. The highest BCUT2D eigenvalue weighted by Crippen LogP contribution is 2.12. The molecule has 0 spiro atoms. The molecule has 1 N–H and O–H groups in total. The van der Waals surface area contributed by atoms with E-state index in [1.807, 2.05) is 31.2 Å². The van der Waals surface area contributed by atoms with Crippen molar-refractivity contribution in [3.05, 3.63) is 69.7 Å². The molecular weight excluding hydrogens is 334 g/mol. The van der Waals surface area contributed by atoms with E-state index in [1.54, 1.807) is 24.3 Å². The van der Waals surface area contributed by atoms with Crippen LogP contribution >= 0.6 is 15.9 Å². The maximum absolute atomic E-state index is 11.9. The number of hydrogen-bond donors (Lipinski definition) is 1. The van der Waals surface area contributed by atoms with Crippen LogP contribution in [0.2, 0.25) is 0 Å². The molecule has 0 amide bonds. The second kappa shape index (κ2) is 7.04. The van der Waals surface area contributed by atoms with Crippen molar-refractivity contribution in [1.82, 2.24) is 0 Å². The molecule has 2 rings (SSSR count). The maximum Gasteiger partial charge on any atom is 0.338 e. The normalized spacial score (nSPS) is 11.2. The number of oxime groups is 1. The van der Waals surface area contributed by atoms with Crippen LogP contribution in [0.15, 0.2) is 58.2 Å². The number of nitrogens with zero attached hydrogens (tertiary/aromatic N) is 1. The third-order valence-electron chi connectivity index (χ3n) is 2.93. The van der Waals surface area contributed by atoms with Crippen LogP contribution in [0.3, 0.4) is 0 Å². The summed E-state index contributed by atoms with van der Waals surface area (Å²) in [5.74, 6) is -0.451. The van der Waals surface area contributed by atoms with Crippen LogP contribution < -0.4 is 0 Å². The Labute approximate surface area is 131 Å². The fraction of sp³-hybridized carbons (Fsp3) is 0.125. The Morgan fingerprint density at radius 2 is 1.67 bits per heavy atom. The lowest BCUT2D eigenvalue weighted by atomic mass is 10.1. The minimum atomic E-state index is -0.451. The SMILES string of the molecule is Cc1ccc(C(=O)OCC(=NO)c2ccc(Br)cc2)cc1. The molecule has 0 saturated heterocycles. The van der Waals surface area contributed by atoms with E-state index in [0.29, 0.717) is 16.8 Å². The molecule has 108 valence electrons. The van der Waals surface area contributed by atoms with Crippen LogP contribution in [-0.2, 0) is 4.74 Å². The number of esters is 1. The number of carbonyl (C=O) groups is 1. The number of hydrogen-bond acceptors (Lipinski definition) is 4. The topological polar surface area (TPSA) is 58.9 Å². The standard InChI is InChI=1S/C16H14BrNO3/c1-11-2-4-13(5-3-11)16(19)21-10-15(18-20)12-6-8-14(17)9-7-12/h2-9,20H,10H2,1H3. The minimum Gasteiger partial charge on any atom is -0.455 e. The molecule has 5 heteroatoms. The fourth-order valence-electron chi connectivity index (χ4n) is 1.72. The largest absolute Gasteiger partial charge is 0.455 e. The molecule has 2 aromatic rings. The molecule has 0 saturated carbocycles. The van der Waals surface area contributed by atoms with Crippen LogP contribution in [0.5, 0.6) is 0 Å². The zero-order valence-electron chi connectivity index (χ0n) is 11.4. The molecular formula is C16H14BrNO3. The quantitative estimate of drug-likeness (QED) is 0.396. The zero-order valence-corrected chi connectivity index (χ0v) is 13.0. The average Bonchev–Trinajstić information content (AvgIpc) is 2.50. The lowest BCUT2D eigenvalue weighted by Crippen LogP contribution is -2.15. The van der Waals surface area contributed by atoms with Gasteiger partial charge in [-0.05, 0) is 31.2 Å². The summed E-state index contributed by atoms with van der Waals surface area (Å²) in [6, 6.07) is 14.3. The summed E-state index contributed by atoms with van der Waals surface area (Å²) in [5, 5.41) is 12.2. The summed E-state index contributed by atoms with van der Waals surface area (Å²) in [4.78, 5) is 11.9. The van der Waals surface area contributed by atoms with Gasteiger partial charge in [0.05, 0.1) is 5.56 Å². The summed E-state index contributed by atoms with van der Waals surface area (Å²) < 4.78 is 6.08. The van der Waals surface area contributed by atoms with E-state index >= 15 is 0 Å². The van der Waals surface area contributed by atoms with E-state index in [4.69, 9.17) is 9.94 Å². The van der Waals surface area contributed by atoms with Crippen molar-refractivity contribution in [3.8, 4) is 0 Å². The van der Waals surface area contributed by atoms with Crippen LogP contribution in [0.4, 0.5) is 0 Å². The van der Waals surface area contributed by atoms with Crippen LogP contribution in [0.1, 0.15) is 21.5 Å². The van der Waals surface area contributed by atoms with Gasteiger partial charge < -0.3 is 9.94 Å². The molecule has 21 heavy (non-hydrogen) atoms. The first-order chi connectivity index (χ1) is 10.1. The summed E-state index contributed by atoms with van der Waals surface area (Å²) in [6.07, 6.45) is 0. The smallest absolute Gasteiger partial charge is 0.338 e. The third kappa shape index (κ3) is 4.16. The van der Waals surface area contributed by atoms with Crippen molar-refractivity contribution < 1.29 is 14.7 Å². The second-order valence-electron chi connectivity index (χ2n) is 4.50. The average molecular weight is 348 g/mol. The molecule has 0 atom stereocenters. The molecule has 0 bridgehead atoms. The lowest BCUT2D eigenvalue weighted by molar-refractivity contribution is 0.0562. The van der Waals surface area contributed by atoms with Gasteiger partial charge in [0.15, 0.2) is 0 Å². The number of carbonyl (C=O) groups excluding carboxylic acids is 1. The number of aryl methyl sites for hydroxylation is 1. The van der Waals surface area contributed by atoms with Gasteiger partial charge in [0.25, 0.3) is 0 Å². The Kier molecular flexibility index (Phi) is 5.11. The second-order valence-corrected chi connectivity index (χ2v) is 5.41. The predicted molar refractivity (Wildman–Crippen MR) is 83.9 cm³/mol. The van der Waals surface area contributed by atoms with Gasteiger partial charge in [0.2, 0.25) is 0 Å². The monoisotopic (exact) mass is 347 g/mol. The van der Waals surface area contributed by atoms with Gasteiger partial charge in [-0.2, -0.15) is 0 Å². The van der Waals surface area contributed by atoms with E-state index in [1.165, 1.54) is 0 Å². The van der Waals surface area contributed by atoms with E-state index in [2.05, 4.69) is 21.1 Å². The van der Waals surface area contributed by atoms with Crippen molar-refractivity contribution in [3.63, 3.8) is 0 Å². The molecule has 2 aromatic carbocycles. The van der Waals surface area contributed by atoms with E-state index < -0.39 is 5.97 Å². The Bertz CT molecular complexity index is 648. The Balaban J connectivity index is 2.02. The molecule has 0 aliphatic carbocycles. The fourth-order valence-corrected chi connectivity index (χ4v) is 1.98. The first-order valence-electron chi connectivity index (χ1n) is 6.31. The first-order valence-corrected chi connectivity index (χ1v) is 7.10. The van der Waals surface area contributed by atoms with Crippen molar-refractivity contribution in [2.24, 2.45) is 5.16 Å². The van der Waals surface area contributed by atoms with Crippen molar-refractivity contribution >= 4 is 27.6 Å². The summed E-state index contributed by atoms with van der Waals surface area (Å²) >= 11 is 3.33. The van der Waals surface area contributed by atoms with Gasteiger partial charge in [-0.15, -0.1) is 0 Å². The molecule has 0 aromatic heterocycles. The highest BCUT2D eigenvalue weighted by Gasteiger charge is 2.11. The van der Waals surface area contributed by atoms with Gasteiger partial charge in [-0.3, -0.25) is 0 Å². The Morgan fingerprint density at radius 1 is 1.10 bits per heavy atom. The van der Waals surface area contributed by atoms with Crippen LogP contribution in [-0.4, -0.2) is 23.5 Å². The summed E-state index contributed by atoms with van der Waals surface area (Å²) in [5.41, 5.74) is 2.52. The molecule has 0 radical (unpaired) electrons. The van der Waals surface area contributed by atoms with E-state index in [0.717, 1.165) is 10.0 Å². The van der Waals surface area contributed by atoms with E-state index in [9.17, 15) is 4.79 Å². The minimum absolute atomic E-state index is 0.0924. The summed E-state index contributed by atoms with van der Waals surface area (Å²) in [7, 11) is 0. The van der Waals surface area contributed by atoms with Crippen molar-refractivity contribution in [2.45, 2.75) is 6.92 Å². The first kappa shape index (κ1) is 15.3. The molecule has 0 unspecified atom stereocenters. The molecule has 0 heterocycles. The molecule has 4 nitrogen and oxygen atoms in total. The van der Waals surface area contributed by atoms with Gasteiger partial charge in [0.1, 0.15) is 12.3 Å². The van der Waals surface area contributed by atoms with Gasteiger partial charge in [-0.1, -0.05) is 50.9 Å². The Morgan fingerprint density at radius 3 is 2.24 bits per heavy atom. The van der Waals surface area contributed by atoms with Crippen molar-refractivity contribution in [1.29, 1.82) is 0 Å². The number of benzene rings is 2. The Hall–Kier alpha value is -2.14. The third-order valence-corrected chi connectivity index (χ3v) is 3.45. The number of halogens is 1. The molecule has 0 aliphatic heterocycles. The zero-order chi connectivity index (χ0) is 15.2. The number of rotatable bonds is 4. The predicted octanol–water partition coefficient (Wildman–Crippen LogP) is 3.79. The van der Waals surface area contributed by atoms with E-state index in [-0.39, 0.29) is 6.61 Å². The summed E-state index contributed by atoms with van der Waals surface area (Å²) in [6.45, 7) is 1.85. The van der Waals surface area contributed by atoms with Gasteiger partial charge in [0, 0.05) is 10.0 Å². The number of ether oxygens (including phenoxy) is 1. The maximum atomic E-state index is 11.9. The van der Waals surface area contributed by atoms with Crippen LogP contribution in [0.25, 0.3) is 0 Å². The van der Waals surface area contributed by atoms with Crippen molar-refractivity contribution in [2.75, 3.05) is 6.61 Å². The highest BCUT2D eigenvalue weighted by molar-refractivity contribution is 9.10. The van der Waals surface area contributed by atoms with Crippen LogP contribution in [0, 0.1) is 6.92 Å². The van der Waals surface area contributed by atoms with Gasteiger partial charge >= 0.3 is 5.97 Å².